The zero-order valence-corrected chi connectivity index (χ0v) is 17.3. The van der Waals surface area contributed by atoms with Gasteiger partial charge in [-0.05, 0) is 74.5 Å². The van der Waals surface area contributed by atoms with Crippen LogP contribution in [0.1, 0.15) is 47.2 Å². The molecule has 1 aliphatic carbocycles. The van der Waals surface area contributed by atoms with Gasteiger partial charge in [-0.25, -0.2) is 0 Å². The second-order valence-corrected chi connectivity index (χ2v) is 8.27. The van der Waals surface area contributed by atoms with Gasteiger partial charge in [0.15, 0.2) is 5.78 Å². The Kier molecular flexibility index (Phi) is 6.63. The molecule has 1 saturated heterocycles. The number of nitrogens with zero attached hydrogens (tertiary/aromatic N) is 1. The quantitative estimate of drug-likeness (QED) is 0.661. The number of fused-ring (bicyclic) bond motifs is 1. The molecule has 1 fully saturated rings. The van der Waals surface area contributed by atoms with E-state index in [0.717, 1.165) is 61.4 Å². The van der Waals surface area contributed by atoms with Crippen molar-refractivity contribution >= 4 is 5.78 Å². The van der Waals surface area contributed by atoms with Crippen molar-refractivity contribution in [1.29, 1.82) is 0 Å². The van der Waals surface area contributed by atoms with E-state index in [0.29, 0.717) is 18.4 Å². The van der Waals surface area contributed by atoms with Crippen LogP contribution in [0.4, 0.5) is 0 Å². The topological polar surface area (TPSA) is 38.8 Å². The first-order chi connectivity index (χ1) is 14.2. The Morgan fingerprint density at radius 1 is 1.10 bits per heavy atom. The standard InChI is InChI=1S/C25H31NO3/c1-28-18-22-8-5-14-26(22)15-13-20-9-10-21-16-23(11-12-24(21)25(20)27)29-17-19-6-3-2-4-7-19/h2-4,6-7,11-12,16,20,22H,5,8-10,13-15,17-18H2,1H3. The summed E-state index contributed by atoms with van der Waals surface area (Å²) in [5.74, 6) is 1.30. The van der Waals surface area contributed by atoms with E-state index < -0.39 is 0 Å². The van der Waals surface area contributed by atoms with E-state index in [9.17, 15) is 4.79 Å². The molecule has 29 heavy (non-hydrogen) atoms. The maximum atomic E-state index is 13.0. The van der Waals surface area contributed by atoms with Gasteiger partial charge in [-0.3, -0.25) is 9.69 Å². The number of ether oxygens (including phenoxy) is 2. The van der Waals surface area contributed by atoms with Crippen LogP contribution in [0, 0.1) is 5.92 Å². The molecule has 0 amide bonds. The molecular formula is C25H31NO3. The average molecular weight is 394 g/mol. The SMILES string of the molecule is COCC1CCCN1CCC1CCc2cc(OCc3ccccc3)ccc2C1=O. The number of carbonyl (C=O) groups excluding carboxylic acids is 1. The number of rotatable bonds is 8. The van der Waals surface area contributed by atoms with Gasteiger partial charge in [0.25, 0.3) is 0 Å². The van der Waals surface area contributed by atoms with Crippen LogP contribution in [0.25, 0.3) is 0 Å². The van der Waals surface area contributed by atoms with Crippen molar-refractivity contribution in [3.05, 3.63) is 65.2 Å². The first-order valence-corrected chi connectivity index (χ1v) is 10.8. The van der Waals surface area contributed by atoms with Crippen LogP contribution >= 0.6 is 0 Å². The number of likely N-dealkylation sites (tertiary alicyclic amines) is 1. The highest BCUT2D eigenvalue weighted by Gasteiger charge is 2.30. The molecule has 2 atom stereocenters. The normalized spacial score (nSPS) is 21.9. The van der Waals surface area contributed by atoms with E-state index in [1.54, 1.807) is 7.11 Å². The van der Waals surface area contributed by atoms with Gasteiger partial charge in [0.05, 0.1) is 6.61 Å². The zero-order chi connectivity index (χ0) is 20.1. The Morgan fingerprint density at radius 3 is 2.79 bits per heavy atom. The molecule has 154 valence electrons. The third-order valence-electron chi connectivity index (χ3n) is 6.35. The molecule has 0 bridgehead atoms. The molecule has 4 nitrogen and oxygen atoms in total. The second kappa shape index (κ2) is 9.55. The van der Waals surface area contributed by atoms with Crippen LogP contribution in [0.15, 0.2) is 48.5 Å². The fourth-order valence-electron chi connectivity index (χ4n) is 4.70. The highest BCUT2D eigenvalue weighted by Crippen LogP contribution is 2.31. The van der Waals surface area contributed by atoms with Crippen molar-refractivity contribution in [3.8, 4) is 5.75 Å². The summed E-state index contributed by atoms with van der Waals surface area (Å²) in [6, 6.07) is 16.6. The van der Waals surface area contributed by atoms with Gasteiger partial charge >= 0.3 is 0 Å². The van der Waals surface area contributed by atoms with Crippen molar-refractivity contribution in [2.45, 2.75) is 44.8 Å². The third-order valence-corrected chi connectivity index (χ3v) is 6.35. The molecule has 0 aromatic heterocycles. The number of hydrogen-bond acceptors (Lipinski definition) is 4. The molecule has 0 N–H and O–H groups in total. The maximum Gasteiger partial charge on any atom is 0.166 e. The van der Waals surface area contributed by atoms with Crippen LogP contribution in [0.3, 0.4) is 0 Å². The number of methoxy groups -OCH3 is 1. The molecule has 4 heteroatoms. The lowest BCUT2D eigenvalue weighted by atomic mass is 9.81. The smallest absolute Gasteiger partial charge is 0.166 e. The van der Waals surface area contributed by atoms with Gasteiger partial charge in [0.2, 0.25) is 0 Å². The van der Waals surface area contributed by atoms with Gasteiger partial charge in [0.1, 0.15) is 12.4 Å². The Bertz CT molecular complexity index is 820. The van der Waals surface area contributed by atoms with Crippen molar-refractivity contribution in [2.24, 2.45) is 5.92 Å². The van der Waals surface area contributed by atoms with E-state index in [4.69, 9.17) is 9.47 Å². The number of benzene rings is 2. The minimum Gasteiger partial charge on any atom is -0.489 e. The van der Waals surface area contributed by atoms with Gasteiger partial charge in [-0.15, -0.1) is 0 Å². The summed E-state index contributed by atoms with van der Waals surface area (Å²) >= 11 is 0. The number of ketones is 1. The summed E-state index contributed by atoms with van der Waals surface area (Å²) < 4.78 is 11.3. The molecule has 2 unspecified atom stereocenters. The number of aryl methyl sites for hydroxylation is 1. The van der Waals surface area contributed by atoms with Crippen LogP contribution in [0.2, 0.25) is 0 Å². The summed E-state index contributed by atoms with van der Waals surface area (Å²) in [6.07, 6.45) is 5.29. The van der Waals surface area contributed by atoms with Crippen LogP contribution < -0.4 is 4.74 Å². The minimum atomic E-state index is 0.141. The Hall–Kier alpha value is -2.17. The molecule has 2 aliphatic rings. The zero-order valence-electron chi connectivity index (χ0n) is 17.3. The minimum absolute atomic E-state index is 0.141. The fraction of sp³-hybridized carbons (Fsp3) is 0.480. The van der Waals surface area contributed by atoms with Gasteiger partial charge in [0, 0.05) is 24.6 Å². The van der Waals surface area contributed by atoms with Crippen molar-refractivity contribution in [1.82, 2.24) is 4.90 Å². The Morgan fingerprint density at radius 2 is 1.97 bits per heavy atom. The fourth-order valence-corrected chi connectivity index (χ4v) is 4.70. The summed E-state index contributed by atoms with van der Waals surface area (Å²) in [5.41, 5.74) is 3.17. The second-order valence-electron chi connectivity index (χ2n) is 8.27. The van der Waals surface area contributed by atoms with Crippen molar-refractivity contribution < 1.29 is 14.3 Å². The molecule has 0 radical (unpaired) electrons. The lowest BCUT2D eigenvalue weighted by molar-refractivity contribution is 0.0854. The lowest BCUT2D eigenvalue weighted by Crippen LogP contribution is -2.35. The van der Waals surface area contributed by atoms with E-state index in [1.165, 1.54) is 12.8 Å². The van der Waals surface area contributed by atoms with E-state index in [-0.39, 0.29) is 5.92 Å². The Balaban J connectivity index is 1.34. The predicted octanol–water partition coefficient (Wildman–Crippen LogP) is 4.51. The van der Waals surface area contributed by atoms with Crippen LogP contribution in [0.5, 0.6) is 5.75 Å². The van der Waals surface area contributed by atoms with Crippen LogP contribution in [-0.4, -0.2) is 43.5 Å². The molecule has 0 saturated carbocycles. The first-order valence-electron chi connectivity index (χ1n) is 10.8. The van der Waals surface area contributed by atoms with Crippen molar-refractivity contribution in [3.63, 3.8) is 0 Å². The molecular weight excluding hydrogens is 362 g/mol. The Labute approximate surface area is 173 Å². The van der Waals surface area contributed by atoms with E-state index in [2.05, 4.69) is 23.1 Å². The number of carbonyl (C=O) groups is 1. The van der Waals surface area contributed by atoms with Gasteiger partial charge in [-0.2, -0.15) is 0 Å². The third kappa shape index (κ3) is 4.88. The van der Waals surface area contributed by atoms with Gasteiger partial charge in [-0.1, -0.05) is 30.3 Å². The molecule has 1 aliphatic heterocycles. The largest absolute Gasteiger partial charge is 0.489 e. The highest BCUT2D eigenvalue weighted by atomic mass is 16.5. The number of hydrogen-bond donors (Lipinski definition) is 0. The first kappa shape index (κ1) is 20.1. The average Bonchev–Trinajstić information content (AvgIpc) is 3.20. The monoisotopic (exact) mass is 393 g/mol. The molecule has 0 spiro atoms. The van der Waals surface area contributed by atoms with E-state index >= 15 is 0 Å². The summed E-state index contributed by atoms with van der Waals surface area (Å²) in [6.45, 7) is 3.48. The van der Waals surface area contributed by atoms with Crippen molar-refractivity contribution in [2.75, 3.05) is 26.8 Å². The van der Waals surface area contributed by atoms with E-state index in [1.807, 2.05) is 30.3 Å². The predicted molar refractivity (Wildman–Crippen MR) is 114 cm³/mol. The number of Topliss-reactive ketones (excluding diaryl/α,β-unsaturated/α-hetero) is 1. The van der Waals surface area contributed by atoms with Crippen LogP contribution in [-0.2, 0) is 17.8 Å². The highest BCUT2D eigenvalue weighted by molar-refractivity contribution is 6.00. The summed E-state index contributed by atoms with van der Waals surface area (Å²) in [4.78, 5) is 15.5. The molecule has 2 aromatic carbocycles. The summed E-state index contributed by atoms with van der Waals surface area (Å²) in [7, 11) is 1.77. The summed E-state index contributed by atoms with van der Waals surface area (Å²) in [5, 5.41) is 0. The molecule has 4 rings (SSSR count). The van der Waals surface area contributed by atoms with Gasteiger partial charge < -0.3 is 9.47 Å². The lowest BCUT2D eigenvalue weighted by Gasteiger charge is -2.28. The maximum absolute atomic E-state index is 13.0. The molecule has 2 aromatic rings. The molecule has 1 heterocycles.